The first-order valence-corrected chi connectivity index (χ1v) is 3.76. The van der Waals surface area contributed by atoms with Crippen molar-refractivity contribution < 1.29 is 14.3 Å². The van der Waals surface area contributed by atoms with Crippen molar-refractivity contribution in [1.29, 1.82) is 0 Å². The summed E-state index contributed by atoms with van der Waals surface area (Å²) in [6.45, 7) is 1.57. The lowest BCUT2D eigenvalue weighted by atomic mass is 10.5. The monoisotopic (exact) mass is 173 g/mol. The van der Waals surface area contributed by atoms with Gasteiger partial charge in [-0.2, -0.15) is 0 Å². The predicted molar refractivity (Wildman–Crippen MR) is 45.9 cm³/mol. The van der Waals surface area contributed by atoms with E-state index in [1.807, 2.05) is 0 Å². The molecule has 1 N–H and O–H groups in total. The van der Waals surface area contributed by atoms with E-state index in [-0.39, 0.29) is 5.91 Å². The number of amides is 1. The second-order valence-corrected chi connectivity index (χ2v) is 2.08. The number of hydrogen-bond acceptors (Lipinski definition) is 3. The minimum Gasteiger partial charge on any atom is -0.382 e. The van der Waals surface area contributed by atoms with E-state index in [9.17, 15) is 4.79 Å². The van der Waals surface area contributed by atoms with Crippen LogP contribution < -0.4 is 5.32 Å². The van der Waals surface area contributed by atoms with Gasteiger partial charge in [-0.1, -0.05) is 6.08 Å². The maximum absolute atomic E-state index is 10.6. The van der Waals surface area contributed by atoms with Crippen LogP contribution in [0.15, 0.2) is 12.2 Å². The van der Waals surface area contributed by atoms with Crippen molar-refractivity contribution in [1.82, 2.24) is 5.32 Å². The normalized spacial score (nSPS) is 10.5. The molecular weight excluding hydrogens is 158 g/mol. The number of methoxy groups -OCH3 is 1. The Kier molecular flexibility index (Phi) is 7.63. The van der Waals surface area contributed by atoms with Gasteiger partial charge in [-0.3, -0.25) is 4.79 Å². The first-order chi connectivity index (χ1) is 5.81. The number of nitrogens with one attached hydrogen (secondary N) is 1. The van der Waals surface area contributed by atoms with E-state index in [0.29, 0.717) is 19.8 Å². The van der Waals surface area contributed by atoms with Gasteiger partial charge in [0.1, 0.15) is 0 Å². The van der Waals surface area contributed by atoms with Crippen LogP contribution in [0.2, 0.25) is 0 Å². The molecule has 0 fully saturated rings. The topological polar surface area (TPSA) is 47.6 Å². The summed E-state index contributed by atoms with van der Waals surface area (Å²) >= 11 is 0. The maximum atomic E-state index is 10.6. The number of ether oxygens (including phenoxy) is 2. The van der Waals surface area contributed by atoms with E-state index >= 15 is 0 Å². The van der Waals surface area contributed by atoms with Crippen LogP contribution in [-0.4, -0.2) is 39.9 Å². The highest BCUT2D eigenvalue weighted by atomic mass is 16.5. The fourth-order valence-electron chi connectivity index (χ4n) is 0.532. The number of carbonyl (C=O) groups is 1. The Morgan fingerprint density at radius 2 is 2.25 bits per heavy atom. The lowest BCUT2D eigenvalue weighted by Gasteiger charge is -1.98. The Labute approximate surface area is 72.5 Å². The lowest BCUT2D eigenvalue weighted by molar-refractivity contribution is -0.116. The number of carbonyl (C=O) groups excluding carboxylic acids is 1. The van der Waals surface area contributed by atoms with Gasteiger partial charge in [0.2, 0.25) is 5.91 Å². The molecule has 0 aromatic heterocycles. The van der Waals surface area contributed by atoms with E-state index in [2.05, 4.69) is 5.32 Å². The molecule has 4 heteroatoms. The molecule has 0 radical (unpaired) electrons. The fraction of sp³-hybridized carbons (Fsp3) is 0.625. The zero-order valence-corrected chi connectivity index (χ0v) is 7.50. The Bertz CT molecular complexity index is 145. The summed E-state index contributed by atoms with van der Waals surface area (Å²) in [5.74, 6) is -0.120. The molecule has 0 aliphatic carbocycles. The Balaban J connectivity index is 3.18. The van der Waals surface area contributed by atoms with Crippen molar-refractivity contribution in [2.45, 2.75) is 0 Å². The third kappa shape index (κ3) is 7.24. The van der Waals surface area contributed by atoms with Crippen LogP contribution in [0.1, 0.15) is 0 Å². The van der Waals surface area contributed by atoms with Crippen molar-refractivity contribution >= 4 is 5.91 Å². The largest absolute Gasteiger partial charge is 0.382 e. The van der Waals surface area contributed by atoms with E-state index in [4.69, 9.17) is 9.47 Å². The average Bonchev–Trinajstić information content (AvgIpc) is 2.10. The molecule has 0 heterocycles. The molecule has 1 amide bonds. The molecule has 0 saturated carbocycles. The van der Waals surface area contributed by atoms with Crippen LogP contribution in [0.5, 0.6) is 0 Å². The van der Waals surface area contributed by atoms with Crippen molar-refractivity contribution in [2.24, 2.45) is 0 Å². The van der Waals surface area contributed by atoms with E-state index < -0.39 is 0 Å². The van der Waals surface area contributed by atoms with Crippen LogP contribution in [0.4, 0.5) is 0 Å². The van der Waals surface area contributed by atoms with Crippen molar-refractivity contribution in [3.63, 3.8) is 0 Å². The van der Waals surface area contributed by atoms with Gasteiger partial charge >= 0.3 is 0 Å². The standard InChI is InChI=1S/C8H15NO3/c1-9-8(10)4-3-5-12-7-6-11-2/h3-4H,5-7H2,1-2H3,(H,9,10)/b4-3+. The minimum absolute atomic E-state index is 0.120. The van der Waals surface area contributed by atoms with Gasteiger partial charge in [0, 0.05) is 20.2 Å². The van der Waals surface area contributed by atoms with Gasteiger partial charge in [-0.05, 0) is 0 Å². The highest BCUT2D eigenvalue weighted by Crippen LogP contribution is 1.78. The molecule has 0 aromatic carbocycles. The van der Waals surface area contributed by atoms with Crippen LogP contribution in [0.25, 0.3) is 0 Å². The number of likely N-dealkylation sites (N-methyl/N-ethyl adjacent to an activating group) is 1. The van der Waals surface area contributed by atoms with Gasteiger partial charge in [-0.15, -0.1) is 0 Å². The molecule has 0 saturated heterocycles. The highest BCUT2D eigenvalue weighted by molar-refractivity contribution is 5.87. The second-order valence-electron chi connectivity index (χ2n) is 2.08. The SMILES string of the molecule is CNC(=O)/C=C/COCCOC. The van der Waals surface area contributed by atoms with Crippen molar-refractivity contribution in [3.8, 4) is 0 Å². The molecular formula is C8H15NO3. The van der Waals surface area contributed by atoms with Gasteiger partial charge in [-0.25, -0.2) is 0 Å². The number of hydrogen-bond donors (Lipinski definition) is 1. The molecule has 0 atom stereocenters. The second kappa shape index (κ2) is 8.23. The quantitative estimate of drug-likeness (QED) is 0.452. The summed E-state index contributed by atoms with van der Waals surface area (Å²) in [4.78, 5) is 10.6. The van der Waals surface area contributed by atoms with Crippen LogP contribution in [0, 0.1) is 0 Å². The average molecular weight is 173 g/mol. The summed E-state index contributed by atoms with van der Waals surface area (Å²) in [6, 6.07) is 0. The van der Waals surface area contributed by atoms with Gasteiger partial charge < -0.3 is 14.8 Å². The molecule has 70 valence electrons. The molecule has 0 bridgehead atoms. The minimum atomic E-state index is -0.120. The van der Waals surface area contributed by atoms with Gasteiger partial charge in [0.25, 0.3) is 0 Å². The Morgan fingerprint density at radius 3 is 2.83 bits per heavy atom. The molecule has 0 aromatic rings. The van der Waals surface area contributed by atoms with Crippen LogP contribution in [0.3, 0.4) is 0 Å². The summed E-state index contributed by atoms with van der Waals surface area (Å²) in [5.41, 5.74) is 0. The van der Waals surface area contributed by atoms with Crippen LogP contribution >= 0.6 is 0 Å². The summed E-state index contributed by atoms with van der Waals surface area (Å²) < 4.78 is 9.84. The summed E-state index contributed by atoms with van der Waals surface area (Å²) in [7, 11) is 3.20. The summed E-state index contributed by atoms with van der Waals surface area (Å²) in [5, 5.41) is 2.46. The zero-order valence-electron chi connectivity index (χ0n) is 7.50. The molecule has 12 heavy (non-hydrogen) atoms. The third-order valence-electron chi connectivity index (χ3n) is 1.16. The summed E-state index contributed by atoms with van der Waals surface area (Å²) in [6.07, 6.45) is 3.10. The zero-order chi connectivity index (χ0) is 9.23. The van der Waals surface area contributed by atoms with E-state index in [0.717, 1.165) is 0 Å². The van der Waals surface area contributed by atoms with Crippen LogP contribution in [-0.2, 0) is 14.3 Å². The molecule has 0 unspecified atom stereocenters. The molecule has 0 rings (SSSR count). The molecule has 0 aliphatic rings. The van der Waals surface area contributed by atoms with E-state index in [1.165, 1.54) is 6.08 Å². The molecule has 0 spiro atoms. The first-order valence-electron chi connectivity index (χ1n) is 3.76. The predicted octanol–water partition coefficient (Wildman–Crippen LogP) is -0.0484. The smallest absolute Gasteiger partial charge is 0.243 e. The molecule has 0 aliphatic heterocycles. The van der Waals surface area contributed by atoms with Gasteiger partial charge in [0.15, 0.2) is 0 Å². The Hall–Kier alpha value is -0.870. The highest BCUT2D eigenvalue weighted by Gasteiger charge is 1.87. The maximum Gasteiger partial charge on any atom is 0.243 e. The number of rotatable bonds is 6. The van der Waals surface area contributed by atoms with Gasteiger partial charge in [0.05, 0.1) is 19.8 Å². The fourth-order valence-corrected chi connectivity index (χ4v) is 0.532. The molecule has 4 nitrogen and oxygen atoms in total. The van der Waals surface area contributed by atoms with E-state index in [1.54, 1.807) is 20.2 Å². The third-order valence-corrected chi connectivity index (χ3v) is 1.16. The van der Waals surface area contributed by atoms with Crippen molar-refractivity contribution in [2.75, 3.05) is 34.0 Å². The lowest BCUT2D eigenvalue weighted by Crippen LogP contribution is -2.14. The van der Waals surface area contributed by atoms with Crippen molar-refractivity contribution in [3.05, 3.63) is 12.2 Å². The first kappa shape index (κ1) is 11.1. The Morgan fingerprint density at radius 1 is 1.50 bits per heavy atom.